The zero-order chi connectivity index (χ0) is 16.3. The summed E-state index contributed by atoms with van der Waals surface area (Å²) >= 11 is 0.631. The van der Waals surface area contributed by atoms with Crippen molar-refractivity contribution in [1.82, 2.24) is 14.5 Å². The van der Waals surface area contributed by atoms with E-state index in [2.05, 4.69) is 15.5 Å². The second-order valence-corrected chi connectivity index (χ2v) is 8.08. The van der Waals surface area contributed by atoms with E-state index in [0.717, 1.165) is 0 Å². The maximum Gasteiger partial charge on any atom is 0.291 e. The highest BCUT2D eigenvalue weighted by Crippen LogP contribution is 2.26. The first-order valence-corrected chi connectivity index (χ1v) is 9.16. The first kappa shape index (κ1) is 17.2. The Labute approximate surface area is 130 Å². The summed E-state index contributed by atoms with van der Waals surface area (Å²) in [6.07, 6.45) is -1.93. The van der Waals surface area contributed by atoms with E-state index in [9.17, 15) is 22.0 Å². The molecule has 2 heterocycles. The largest absolute Gasteiger partial charge is 0.300 e. The van der Waals surface area contributed by atoms with Crippen LogP contribution in [0.3, 0.4) is 0 Å². The number of aromatic nitrogens is 2. The van der Waals surface area contributed by atoms with Crippen molar-refractivity contribution in [2.75, 3.05) is 24.2 Å². The van der Waals surface area contributed by atoms with E-state index in [4.69, 9.17) is 0 Å². The molecule has 0 bridgehead atoms. The molecule has 1 N–H and O–H groups in total. The fourth-order valence-corrected chi connectivity index (χ4v) is 3.89. The Morgan fingerprint density at radius 2 is 2.05 bits per heavy atom. The molecule has 1 amide bonds. The number of alkyl halides is 2. The van der Waals surface area contributed by atoms with Gasteiger partial charge in [0.05, 0.1) is 5.75 Å². The normalized spacial score (nSPS) is 17.8. The van der Waals surface area contributed by atoms with Crippen LogP contribution in [0.2, 0.25) is 0 Å². The Hall–Kier alpha value is -1.20. The molecule has 0 aliphatic carbocycles. The van der Waals surface area contributed by atoms with Gasteiger partial charge in [-0.25, -0.2) is 21.5 Å². The summed E-state index contributed by atoms with van der Waals surface area (Å²) in [6.45, 7) is 2.14. The molecule has 11 heteroatoms. The number of hydrogen-bond donors (Lipinski definition) is 1. The third-order valence-corrected chi connectivity index (χ3v) is 6.17. The van der Waals surface area contributed by atoms with E-state index in [1.54, 1.807) is 6.92 Å². The number of nitrogens with one attached hydrogen (secondary N) is 1. The lowest BCUT2D eigenvalue weighted by atomic mass is 9.97. The van der Waals surface area contributed by atoms with Crippen molar-refractivity contribution in [3.63, 3.8) is 0 Å². The van der Waals surface area contributed by atoms with Gasteiger partial charge in [0.2, 0.25) is 21.1 Å². The van der Waals surface area contributed by atoms with Gasteiger partial charge in [-0.1, -0.05) is 11.3 Å². The molecule has 0 aromatic carbocycles. The number of hydrogen-bond acceptors (Lipinski definition) is 6. The number of piperidine rings is 1. The van der Waals surface area contributed by atoms with Crippen LogP contribution in [0.25, 0.3) is 0 Å². The van der Waals surface area contributed by atoms with Crippen LogP contribution in [0.15, 0.2) is 0 Å². The number of carbonyl (C=O) groups excluding carboxylic acids is 1. The minimum atomic E-state index is -3.24. The first-order chi connectivity index (χ1) is 10.3. The number of amides is 1. The van der Waals surface area contributed by atoms with Crippen LogP contribution in [-0.4, -0.2) is 47.7 Å². The number of carbonyl (C=O) groups is 1. The quantitative estimate of drug-likeness (QED) is 0.864. The fraction of sp³-hybridized carbons (Fsp3) is 0.727. The van der Waals surface area contributed by atoms with Gasteiger partial charge >= 0.3 is 0 Å². The van der Waals surface area contributed by atoms with Crippen molar-refractivity contribution in [2.45, 2.75) is 26.2 Å². The maximum absolute atomic E-state index is 12.4. The van der Waals surface area contributed by atoms with Crippen LogP contribution in [0.5, 0.6) is 0 Å². The second-order valence-electron chi connectivity index (χ2n) is 4.81. The molecule has 0 atom stereocenters. The lowest BCUT2D eigenvalue weighted by Crippen LogP contribution is -2.42. The summed E-state index contributed by atoms with van der Waals surface area (Å²) in [4.78, 5) is 12.0. The maximum atomic E-state index is 12.4. The van der Waals surface area contributed by atoms with Crippen LogP contribution < -0.4 is 5.32 Å². The molecule has 0 saturated carbocycles. The molecule has 1 aromatic heterocycles. The summed E-state index contributed by atoms with van der Waals surface area (Å²) in [5.74, 6) is -0.668. The standard InChI is InChI=1S/C11H16F2N4O3S2/c1-2-22(19,20)17-5-3-7(4-6-17)9(18)14-11-16-15-10(21-11)8(12)13/h7-8H,2-6H2,1H3,(H,14,16,18). The minimum absolute atomic E-state index is 0.0314. The van der Waals surface area contributed by atoms with Gasteiger partial charge in [0.15, 0.2) is 5.01 Å². The Bertz CT molecular complexity index is 627. The third kappa shape index (κ3) is 3.96. The van der Waals surface area contributed by atoms with E-state index >= 15 is 0 Å². The van der Waals surface area contributed by atoms with Gasteiger partial charge in [0, 0.05) is 19.0 Å². The van der Waals surface area contributed by atoms with Crippen LogP contribution in [-0.2, 0) is 14.8 Å². The molecule has 7 nitrogen and oxygen atoms in total. The summed E-state index contributed by atoms with van der Waals surface area (Å²) in [5.41, 5.74) is 0. The molecule has 0 spiro atoms. The highest BCUT2D eigenvalue weighted by Gasteiger charge is 2.30. The molecule has 1 aromatic rings. The number of nitrogens with zero attached hydrogens (tertiary/aromatic N) is 3. The third-order valence-electron chi connectivity index (χ3n) is 3.44. The molecule has 0 radical (unpaired) electrons. The van der Waals surface area contributed by atoms with Gasteiger partial charge in [-0.05, 0) is 19.8 Å². The van der Waals surface area contributed by atoms with E-state index in [1.165, 1.54) is 4.31 Å². The summed E-state index contributed by atoms with van der Waals surface area (Å²) in [7, 11) is -3.24. The summed E-state index contributed by atoms with van der Waals surface area (Å²) in [6, 6.07) is 0. The Kier molecular flexibility index (Phi) is 5.40. The average molecular weight is 354 g/mol. The lowest BCUT2D eigenvalue weighted by Gasteiger charge is -2.29. The molecule has 0 unspecified atom stereocenters. The summed E-state index contributed by atoms with van der Waals surface area (Å²) < 4.78 is 49.6. The highest BCUT2D eigenvalue weighted by atomic mass is 32.2. The molecule has 2 rings (SSSR count). The van der Waals surface area contributed by atoms with Gasteiger partial charge < -0.3 is 5.32 Å². The highest BCUT2D eigenvalue weighted by molar-refractivity contribution is 7.89. The molecule has 1 aliphatic heterocycles. The number of rotatable bonds is 5. The van der Waals surface area contributed by atoms with Crippen LogP contribution in [0.1, 0.15) is 31.2 Å². The van der Waals surface area contributed by atoms with Crippen molar-refractivity contribution in [1.29, 1.82) is 0 Å². The van der Waals surface area contributed by atoms with Gasteiger partial charge in [0.25, 0.3) is 6.43 Å². The molecular formula is C11H16F2N4O3S2. The van der Waals surface area contributed by atoms with Crippen molar-refractivity contribution in [2.24, 2.45) is 5.92 Å². The monoisotopic (exact) mass is 354 g/mol. The van der Waals surface area contributed by atoms with Crippen LogP contribution >= 0.6 is 11.3 Å². The van der Waals surface area contributed by atoms with Gasteiger partial charge in [-0.3, -0.25) is 4.79 Å². The number of halogens is 2. The average Bonchev–Trinajstić information content (AvgIpc) is 2.96. The Morgan fingerprint density at radius 1 is 1.41 bits per heavy atom. The van der Waals surface area contributed by atoms with Crippen molar-refractivity contribution in [3.05, 3.63) is 5.01 Å². The van der Waals surface area contributed by atoms with Crippen molar-refractivity contribution >= 4 is 32.4 Å². The van der Waals surface area contributed by atoms with Gasteiger partial charge in [-0.2, -0.15) is 0 Å². The molecule has 124 valence electrons. The SMILES string of the molecule is CCS(=O)(=O)N1CCC(C(=O)Nc2nnc(C(F)F)s2)CC1. The topological polar surface area (TPSA) is 92.3 Å². The lowest BCUT2D eigenvalue weighted by molar-refractivity contribution is -0.120. The van der Waals surface area contributed by atoms with Gasteiger partial charge in [-0.15, -0.1) is 10.2 Å². The van der Waals surface area contributed by atoms with Crippen LogP contribution in [0.4, 0.5) is 13.9 Å². The molecule has 1 aliphatic rings. The Morgan fingerprint density at radius 3 is 2.55 bits per heavy atom. The van der Waals surface area contributed by atoms with E-state index in [1.807, 2.05) is 0 Å². The zero-order valence-electron chi connectivity index (χ0n) is 11.8. The number of anilines is 1. The van der Waals surface area contributed by atoms with E-state index < -0.39 is 21.5 Å². The van der Waals surface area contributed by atoms with Crippen molar-refractivity contribution < 1.29 is 22.0 Å². The minimum Gasteiger partial charge on any atom is -0.300 e. The smallest absolute Gasteiger partial charge is 0.291 e. The van der Waals surface area contributed by atoms with Crippen molar-refractivity contribution in [3.8, 4) is 0 Å². The number of sulfonamides is 1. The molecule has 1 fully saturated rings. The predicted molar refractivity (Wildman–Crippen MR) is 77.3 cm³/mol. The Balaban J connectivity index is 1.89. The van der Waals surface area contributed by atoms with E-state index in [0.29, 0.717) is 24.2 Å². The molecule has 22 heavy (non-hydrogen) atoms. The second kappa shape index (κ2) is 6.92. The molecular weight excluding hydrogens is 338 g/mol. The van der Waals surface area contributed by atoms with Gasteiger partial charge in [0.1, 0.15) is 0 Å². The molecule has 1 saturated heterocycles. The van der Waals surface area contributed by atoms with Crippen LogP contribution in [0, 0.1) is 5.92 Å². The summed E-state index contributed by atoms with van der Waals surface area (Å²) in [5, 5.41) is 8.82. The fourth-order valence-electron chi connectivity index (χ4n) is 2.16. The first-order valence-electron chi connectivity index (χ1n) is 6.73. The zero-order valence-corrected chi connectivity index (χ0v) is 13.5. The van der Waals surface area contributed by atoms with E-state index in [-0.39, 0.29) is 35.8 Å². The predicted octanol–water partition coefficient (Wildman–Crippen LogP) is 1.48.